The molecule has 1 aliphatic rings. The van der Waals surface area contributed by atoms with Gasteiger partial charge in [-0.15, -0.1) is 35.3 Å². The number of hydrogen-bond donors (Lipinski definition) is 1. The molecule has 2 aromatic heterocycles. The van der Waals surface area contributed by atoms with Gasteiger partial charge in [-0.1, -0.05) is 0 Å². The van der Waals surface area contributed by atoms with Gasteiger partial charge in [0.2, 0.25) is 0 Å². The minimum absolute atomic E-state index is 0. The zero-order valence-electron chi connectivity index (χ0n) is 16.8. The molecule has 28 heavy (non-hydrogen) atoms. The Labute approximate surface area is 186 Å². The van der Waals surface area contributed by atoms with E-state index in [2.05, 4.69) is 32.0 Å². The van der Waals surface area contributed by atoms with Crippen LogP contribution < -0.4 is 15.8 Å². The number of aryl methyl sites for hydroxylation is 3. The Morgan fingerprint density at radius 1 is 1.29 bits per heavy atom. The molecule has 8 nitrogen and oxygen atoms in total. The van der Waals surface area contributed by atoms with Gasteiger partial charge in [-0.2, -0.15) is 0 Å². The van der Waals surface area contributed by atoms with Crippen molar-refractivity contribution in [3.8, 4) is 0 Å². The summed E-state index contributed by atoms with van der Waals surface area (Å²) in [7, 11) is 1.75. The summed E-state index contributed by atoms with van der Waals surface area (Å²) in [6, 6.07) is 0. The van der Waals surface area contributed by atoms with E-state index >= 15 is 0 Å². The van der Waals surface area contributed by atoms with E-state index in [0.29, 0.717) is 12.4 Å². The van der Waals surface area contributed by atoms with Crippen LogP contribution in [0.1, 0.15) is 22.5 Å². The summed E-state index contributed by atoms with van der Waals surface area (Å²) in [6.45, 7) is 10.7. The molecule has 3 rings (SSSR count). The number of piperazine rings is 1. The van der Waals surface area contributed by atoms with Crippen molar-refractivity contribution in [2.45, 2.75) is 27.3 Å². The van der Waals surface area contributed by atoms with Gasteiger partial charge in [-0.05, 0) is 20.8 Å². The van der Waals surface area contributed by atoms with E-state index < -0.39 is 0 Å². The maximum atomic E-state index is 12.3. The van der Waals surface area contributed by atoms with Crippen molar-refractivity contribution in [3.05, 3.63) is 38.3 Å². The SMILES string of the molecule is CCNC(=NCc1sc(C)nc1C)N1CCN(c2nccn(C)c2=O)CC1.I. The van der Waals surface area contributed by atoms with E-state index in [1.54, 1.807) is 35.3 Å². The summed E-state index contributed by atoms with van der Waals surface area (Å²) in [6.07, 6.45) is 3.36. The third-order valence-corrected chi connectivity index (χ3v) is 5.64. The second-order valence-corrected chi connectivity index (χ2v) is 7.84. The first-order chi connectivity index (χ1) is 13.0. The van der Waals surface area contributed by atoms with Gasteiger partial charge in [0.1, 0.15) is 0 Å². The number of thiazole rings is 1. The van der Waals surface area contributed by atoms with Crippen LogP contribution in [0.25, 0.3) is 0 Å². The number of aromatic nitrogens is 3. The monoisotopic (exact) mass is 517 g/mol. The predicted octanol–water partition coefficient (Wildman–Crippen LogP) is 1.76. The fourth-order valence-electron chi connectivity index (χ4n) is 3.12. The zero-order chi connectivity index (χ0) is 19.4. The standard InChI is InChI=1S/C18H27N7OS.HI/c1-5-19-18(21-12-15-13(2)22-14(3)27-15)25-10-8-24(9-11-25)16-17(26)23(4)7-6-20-16;/h6-7H,5,8-12H2,1-4H3,(H,19,21);1H. The number of aliphatic imine (C=N–C) groups is 1. The first-order valence-corrected chi connectivity index (χ1v) is 10.0. The zero-order valence-corrected chi connectivity index (χ0v) is 20.0. The number of hydrogen-bond acceptors (Lipinski definition) is 6. The molecule has 0 atom stereocenters. The topological polar surface area (TPSA) is 78.7 Å². The Balaban J connectivity index is 0.00000280. The molecule has 0 aliphatic carbocycles. The van der Waals surface area contributed by atoms with Gasteiger partial charge in [-0.3, -0.25) is 4.79 Å². The molecular weight excluding hydrogens is 489 g/mol. The second-order valence-electron chi connectivity index (χ2n) is 6.55. The Kier molecular flexibility index (Phi) is 8.23. The normalized spacial score (nSPS) is 14.8. The summed E-state index contributed by atoms with van der Waals surface area (Å²) in [5.74, 6) is 1.44. The van der Waals surface area contributed by atoms with E-state index in [1.807, 2.05) is 13.8 Å². The highest BCUT2D eigenvalue weighted by Crippen LogP contribution is 2.18. The van der Waals surface area contributed by atoms with Gasteiger partial charge in [0.05, 0.1) is 17.2 Å². The first-order valence-electron chi connectivity index (χ1n) is 9.22. The van der Waals surface area contributed by atoms with Crippen molar-refractivity contribution in [1.29, 1.82) is 0 Å². The highest BCUT2D eigenvalue weighted by atomic mass is 127. The third-order valence-electron chi connectivity index (χ3n) is 4.58. The van der Waals surface area contributed by atoms with Crippen LogP contribution in [-0.4, -0.2) is 58.1 Å². The largest absolute Gasteiger partial charge is 0.357 e. The van der Waals surface area contributed by atoms with Gasteiger partial charge in [-0.25, -0.2) is 15.0 Å². The molecule has 0 bridgehead atoms. The van der Waals surface area contributed by atoms with Gasteiger partial charge in [0.15, 0.2) is 11.8 Å². The lowest BCUT2D eigenvalue weighted by Crippen LogP contribution is -2.53. The van der Waals surface area contributed by atoms with Crippen LogP contribution in [0.2, 0.25) is 0 Å². The van der Waals surface area contributed by atoms with Gasteiger partial charge in [0.25, 0.3) is 5.56 Å². The van der Waals surface area contributed by atoms with Crippen LogP contribution >= 0.6 is 35.3 Å². The average Bonchev–Trinajstić information content (AvgIpc) is 2.98. The molecule has 0 aromatic carbocycles. The predicted molar refractivity (Wildman–Crippen MR) is 125 cm³/mol. The fraction of sp³-hybridized carbons (Fsp3) is 0.556. The van der Waals surface area contributed by atoms with Crippen LogP contribution in [0.4, 0.5) is 5.82 Å². The molecule has 1 saturated heterocycles. The highest BCUT2D eigenvalue weighted by Gasteiger charge is 2.22. The van der Waals surface area contributed by atoms with Gasteiger partial charge >= 0.3 is 0 Å². The lowest BCUT2D eigenvalue weighted by atomic mass is 10.3. The molecule has 1 aliphatic heterocycles. The Hall–Kier alpha value is -1.69. The molecule has 0 saturated carbocycles. The number of guanidine groups is 1. The molecule has 0 unspecified atom stereocenters. The number of nitrogens with one attached hydrogen (secondary N) is 1. The maximum absolute atomic E-state index is 12.3. The van der Waals surface area contributed by atoms with Crippen LogP contribution in [0.3, 0.4) is 0 Å². The fourth-order valence-corrected chi connectivity index (χ4v) is 3.99. The first kappa shape index (κ1) is 22.6. The minimum atomic E-state index is -0.0532. The Morgan fingerprint density at radius 3 is 2.61 bits per heavy atom. The van der Waals surface area contributed by atoms with Crippen LogP contribution in [0.5, 0.6) is 0 Å². The molecule has 2 aromatic rings. The summed E-state index contributed by atoms with van der Waals surface area (Å²) in [5.41, 5.74) is 1.01. The molecular formula is C18H28IN7OS. The number of halogens is 1. The van der Waals surface area contributed by atoms with Crippen molar-refractivity contribution < 1.29 is 0 Å². The molecule has 3 heterocycles. The summed E-state index contributed by atoms with van der Waals surface area (Å²) >= 11 is 1.70. The molecule has 0 amide bonds. The van der Waals surface area contributed by atoms with E-state index in [1.165, 1.54) is 4.88 Å². The van der Waals surface area contributed by atoms with Crippen molar-refractivity contribution in [1.82, 2.24) is 24.8 Å². The third kappa shape index (κ3) is 5.22. The summed E-state index contributed by atoms with van der Waals surface area (Å²) in [4.78, 5) is 31.4. The lowest BCUT2D eigenvalue weighted by molar-refractivity contribution is 0.370. The van der Waals surface area contributed by atoms with Crippen LogP contribution in [0, 0.1) is 13.8 Å². The second kappa shape index (κ2) is 10.2. The van der Waals surface area contributed by atoms with E-state index in [9.17, 15) is 4.79 Å². The van der Waals surface area contributed by atoms with Gasteiger partial charge < -0.3 is 19.7 Å². The van der Waals surface area contributed by atoms with E-state index in [-0.39, 0.29) is 29.5 Å². The van der Waals surface area contributed by atoms with Crippen molar-refractivity contribution in [3.63, 3.8) is 0 Å². The minimum Gasteiger partial charge on any atom is -0.357 e. The highest BCUT2D eigenvalue weighted by molar-refractivity contribution is 14.0. The van der Waals surface area contributed by atoms with E-state index in [0.717, 1.165) is 49.4 Å². The smallest absolute Gasteiger partial charge is 0.293 e. The summed E-state index contributed by atoms with van der Waals surface area (Å²) in [5, 5.41) is 4.46. The molecule has 1 fully saturated rings. The number of rotatable bonds is 4. The van der Waals surface area contributed by atoms with Crippen LogP contribution in [0.15, 0.2) is 22.2 Å². The lowest BCUT2D eigenvalue weighted by Gasteiger charge is -2.36. The quantitative estimate of drug-likeness (QED) is 0.379. The molecule has 10 heteroatoms. The maximum Gasteiger partial charge on any atom is 0.293 e. The molecule has 1 N–H and O–H groups in total. The molecule has 154 valence electrons. The van der Waals surface area contributed by atoms with Crippen molar-refractivity contribution in [2.75, 3.05) is 37.6 Å². The van der Waals surface area contributed by atoms with Crippen molar-refractivity contribution >= 4 is 47.1 Å². The van der Waals surface area contributed by atoms with Gasteiger partial charge in [0, 0.05) is 57.0 Å². The average molecular weight is 517 g/mol. The number of nitrogens with zero attached hydrogens (tertiary/aromatic N) is 6. The summed E-state index contributed by atoms with van der Waals surface area (Å²) < 4.78 is 1.57. The molecule has 0 spiro atoms. The van der Waals surface area contributed by atoms with Crippen molar-refractivity contribution in [2.24, 2.45) is 12.0 Å². The Morgan fingerprint density at radius 2 is 2.00 bits per heavy atom. The number of anilines is 1. The Bertz CT molecular complexity index is 871. The van der Waals surface area contributed by atoms with E-state index in [4.69, 9.17) is 4.99 Å². The molecule has 0 radical (unpaired) electrons. The van der Waals surface area contributed by atoms with Crippen LogP contribution in [-0.2, 0) is 13.6 Å².